The lowest BCUT2D eigenvalue weighted by Crippen LogP contribution is -2.32. The first-order valence-corrected chi connectivity index (χ1v) is 10.5. The number of rotatable bonds is 4. The van der Waals surface area contributed by atoms with Crippen molar-refractivity contribution in [1.82, 2.24) is 9.88 Å². The molecule has 0 amide bonds. The van der Waals surface area contributed by atoms with Crippen LogP contribution in [0, 0.1) is 13.8 Å². The second kappa shape index (κ2) is 7.57. The van der Waals surface area contributed by atoms with Gasteiger partial charge < -0.3 is 4.90 Å². The van der Waals surface area contributed by atoms with Crippen LogP contribution in [0.25, 0.3) is 11.1 Å². The summed E-state index contributed by atoms with van der Waals surface area (Å²) >= 11 is 8.08. The van der Waals surface area contributed by atoms with Crippen LogP contribution in [0.2, 0.25) is 4.34 Å². The molecule has 4 rings (SSSR count). The Morgan fingerprint density at radius 1 is 1.25 bits per heavy atom. The van der Waals surface area contributed by atoms with Gasteiger partial charge in [0.2, 0.25) is 0 Å². The Labute approximate surface area is 175 Å². The van der Waals surface area contributed by atoms with Gasteiger partial charge in [-0.2, -0.15) is 0 Å². The van der Waals surface area contributed by atoms with Gasteiger partial charge in [-0.25, -0.2) is 0 Å². The molecule has 142 valence electrons. The van der Waals surface area contributed by atoms with Crippen molar-refractivity contribution in [3.63, 3.8) is 0 Å². The van der Waals surface area contributed by atoms with Crippen molar-refractivity contribution in [2.75, 3.05) is 6.54 Å². The van der Waals surface area contributed by atoms with Gasteiger partial charge in [-0.15, -0.1) is 11.3 Å². The average molecular weight is 407 g/mol. The smallest absolute Gasteiger partial charge is 0.0934 e. The average Bonchev–Trinajstić information content (AvgIpc) is 3.07. The fraction of sp³-hybridized carbons (Fsp3) is 0.208. The summed E-state index contributed by atoms with van der Waals surface area (Å²) in [5.41, 5.74) is 8.35. The molecule has 2 aromatic heterocycles. The molecule has 3 aromatic rings. The van der Waals surface area contributed by atoms with Crippen molar-refractivity contribution < 1.29 is 0 Å². The number of nitrogens with zero attached hydrogens (tertiary/aromatic N) is 2. The summed E-state index contributed by atoms with van der Waals surface area (Å²) in [5.74, 6) is 0.222. The largest absolute Gasteiger partial charge is 0.366 e. The zero-order valence-corrected chi connectivity index (χ0v) is 17.8. The summed E-state index contributed by atoms with van der Waals surface area (Å²) in [6.07, 6.45) is 3.71. The standard InChI is InChI=1S/C24H23ClN2S/c1-5-16(3)27-13-21(20-12-23(25)28-22(20)14-27)18-8-6-7-9-19(18)24-15(2)10-11-26-17(24)4/h5-12,21H,1,3,13-14H2,2,4H3. The monoisotopic (exact) mass is 406 g/mol. The van der Waals surface area contributed by atoms with Gasteiger partial charge in [0.05, 0.1) is 10.9 Å². The molecule has 3 heterocycles. The fourth-order valence-electron chi connectivity index (χ4n) is 4.13. The normalized spacial score (nSPS) is 16.0. The number of aryl methyl sites for hydroxylation is 2. The Kier molecular flexibility index (Phi) is 5.13. The predicted octanol–water partition coefficient (Wildman–Crippen LogP) is 6.73. The Bertz CT molecular complexity index is 1050. The summed E-state index contributed by atoms with van der Waals surface area (Å²) in [4.78, 5) is 8.15. The van der Waals surface area contributed by atoms with E-state index in [1.54, 1.807) is 11.3 Å². The first-order valence-electron chi connectivity index (χ1n) is 9.35. The highest BCUT2D eigenvalue weighted by Gasteiger charge is 2.30. The lowest BCUT2D eigenvalue weighted by molar-refractivity contribution is 0.319. The molecule has 1 atom stereocenters. The second-order valence-electron chi connectivity index (χ2n) is 7.23. The third kappa shape index (κ3) is 3.30. The maximum atomic E-state index is 6.42. The molecule has 0 radical (unpaired) electrons. The zero-order valence-electron chi connectivity index (χ0n) is 16.2. The fourth-order valence-corrected chi connectivity index (χ4v) is 5.49. The number of fused-ring (bicyclic) bond motifs is 1. The molecule has 1 aromatic carbocycles. The van der Waals surface area contributed by atoms with Gasteiger partial charge in [0, 0.05) is 40.5 Å². The predicted molar refractivity (Wildman–Crippen MR) is 120 cm³/mol. The van der Waals surface area contributed by atoms with E-state index in [4.69, 9.17) is 11.6 Å². The van der Waals surface area contributed by atoms with Crippen molar-refractivity contribution in [1.29, 1.82) is 0 Å². The highest BCUT2D eigenvalue weighted by atomic mass is 35.5. The number of aromatic nitrogens is 1. The molecule has 0 saturated heterocycles. The summed E-state index contributed by atoms with van der Waals surface area (Å²) in [5, 5.41) is 0. The summed E-state index contributed by atoms with van der Waals surface area (Å²) in [6.45, 7) is 14.0. The molecule has 0 saturated carbocycles. The third-order valence-corrected chi connectivity index (χ3v) is 6.79. The van der Waals surface area contributed by atoms with Gasteiger partial charge >= 0.3 is 0 Å². The van der Waals surface area contributed by atoms with Crippen LogP contribution in [0.5, 0.6) is 0 Å². The van der Waals surface area contributed by atoms with Gasteiger partial charge in [0.15, 0.2) is 0 Å². The van der Waals surface area contributed by atoms with Crippen molar-refractivity contribution in [2.24, 2.45) is 0 Å². The number of benzene rings is 1. The molecular formula is C24H23ClN2S. The SMILES string of the molecule is C=CC(=C)N1Cc2sc(Cl)cc2C(c2ccccc2-c2c(C)ccnc2C)C1. The minimum atomic E-state index is 0.222. The lowest BCUT2D eigenvalue weighted by atomic mass is 9.82. The van der Waals surface area contributed by atoms with Crippen molar-refractivity contribution >= 4 is 22.9 Å². The molecule has 1 aliphatic rings. The first kappa shape index (κ1) is 19.0. The number of pyridine rings is 1. The minimum Gasteiger partial charge on any atom is -0.366 e. The van der Waals surface area contributed by atoms with E-state index in [1.807, 2.05) is 12.3 Å². The van der Waals surface area contributed by atoms with E-state index in [0.29, 0.717) is 0 Å². The van der Waals surface area contributed by atoms with Crippen molar-refractivity contribution in [3.05, 3.63) is 99.1 Å². The van der Waals surface area contributed by atoms with E-state index < -0.39 is 0 Å². The van der Waals surface area contributed by atoms with Crippen LogP contribution in [0.4, 0.5) is 0 Å². The maximum absolute atomic E-state index is 6.42. The van der Waals surface area contributed by atoms with Crippen LogP contribution in [-0.2, 0) is 6.54 Å². The van der Waals surface area contributed by atoms with E-state index in [1.165, 1.54) is 32.7 Å². The van der Waals surface area contributed by atoms with E-state index in [2.05, 4.69) is 73.3 Å². The number of hydrogen-bond acceptors (Lipinski definition) is 3. The number of allylic oxidation sites excluding steroid dienone is 1. The molecule has 0 fully saturated rings. The molecule has 0 N–H and O–H groups in total. The summed E-state index contributed by atoms with van der Waals surface area (Å²) in [7, 11) is 0. The topological polar surface area (TPSA) is 16.1 Å². The molecule has 28 heavy (non-hydrogen) atoms. The van der Waals surface area contributed by atoms with Crippen LogP contribution in [0.15, 0.2) is 67.5 Å². The van der Waals surface area contributed by atoms with Gasteiger partial charge in [0.25, 0.3) is 0 Å². The van der Waals surface area contributed by atoms with Crippen LogP contribution in [0.1, 0.15) is 33.2 Å². The number of hydrogen-bond donors (Lipinski definition) is 0. The first-order chi connectivity index (χ1) is 13.5. The Hall–Kier alpha value is -2.36. The van der Waals surface area contributed by atoms with E-state index in [9.17, 15) is 0 Å². The number of thiophene rings is 1. The van der Waals surface area contributed by atoms with E-state index in [-0.39, 0.29) is 5.92 Å². The highest BCUT2D eigenvalue weighted by Crippen LogP contribution is 2.44. The lowest BCUT2D eigenvalue weighted by Gasteiger charge is -2.36. The quantitative estimate of drug-likeness (QED) is 0.446. The molecule has 2 nitrogen and oxygen atoms in total. The van der Waals surface area contributed by atoms with Crippen LogP contribution in [0.3, 0.4) is 0 Å². The summed E-state index contributed by atoms with van der Waals surface area (Å²) in [6, 6.07) is 12.9. The Morgan fingerprint density at radius 2 is 2.04 bits per heavy atom. The Morgan fingerprint density at radius 3 is 2.79 bits per heavy atom. The van der Waals surface area contributed by atoms with Crippen LogP contribution in [-0.4, -0.2) is 16.4 Å². The van der Waals surface area contributed by atoms with Crippen LogP contribution < -0.4 is 0 Å². The van der Waals surface area contributed by atoms with E-state index in [0.717, 1.165) is 28.8 Å². The second-order valence-corrected chi connectivity index (χ2v) is 9.00. The van der Waals surface area contributed by atoms with Gasteiger partial charge in [0.1, 0.15) is 0 Å². The van der Waals surface area contributed by atoms with Crippen LogP contribution >= 0.6 is 22.9 Å². The third-order valence-electron chi connectivity index (χ3n) is 5.52. The molecule has 1 unspecified atom stereocenters. The van der Waals surface area contributed by atoms with Gasteiger partial charge in [-0.3, -0.25) is 4.98 Å². The molecule has 1 aliphatic heterocycles. The molecule has 4 heteroatoms. The maximum Gasteiger partial charge on any atom is 0.0934 e. The molecule has 0 spiro atoms. The highest BCUT2D eigenvalue weighted by molar-refractivity contribution is 7.16. The number of halogens is 1. The van der Waals surface area contributed by atoms with Gasteiger partial charge in [-0.1, -0.05) is 49.0 Å². The van der Waals surface area contributed by atoms with Gasteiger partial charge in [-0.05, 0) is 54.3 Å². The molecular weight excluding hydrogens is 384 g/mol. The Balaban J connectivity index is 1.89. The van der Waals surface area contributed by atoms with Crippen molar-refractivity contribution in [2.45, 2.75) is 26.3 Å². The van der Waals surface area contributed by atoms with E-state index >= 15 is 0 Å². The molecule has 0 aliphatic carbocycles. The molecule has 0 bridgehead atoms. The summed E-state index contributed by atoms with van der Waals surface area (Å²) < 4.78 is 0.840. The van der Waals surface area contributed by atoms with Crippen molar-refractivity contribution in [3.8, 4) is 11.1 Å². The minimum absolute atomic E-state index is 0.222. The zero-order chi connectivity index (χ0) is 19.8.